The van der Waals surface area contributed by atoms with Gasteiger partial charge in [-0.15, -0.1) is 6.42 Å². The minimum atomic E-state index is -0.123. The van der Waals surface area contributed by atoms with Crippen molar-refractivity contribution in [1.29, 1.82) is 0 Å². The lowest BCUT2D eigenvalue weighted by molar-refractivity contribution is 0.537. The minimum absolute atomic E-state index is 0.123. The van der Waals surface area contributed by atoms with Crippen molar-refractivity contribution in [2.45, 2.75) is 44.4 Å². The van der Waals surface area contributed by atoms with E-state index in [0.29, 0.717) is 11.5 Å². The van der Waals surface area contributed by atoms with E-state index in [1.807, 2.05) is 12.1 Å². The normalized spacial score (nSPS) is 17.8. The second-order valence-electron chi connectivity index (χ2n) is 4.57. The molecule has 0 atom stereocenters. The van der Waals surface area contributed by atoms with Crippen molar-refractivity contribution >= 4 is 0 Å². The molecule has 1 saturated carbocycles. The third-order valence-electron chi connectivity index (χ3n) is 3.46. The molecule has 0 spiro atoms. The topological polar surface area (TPSA) is 0 Å². The summed E-state index contributed by atoms with van der Waals surface area (Å²) in [5.74, 6) is 2.74. The minimum Gasteiger partial charge on any atom is -0.207 e. The summed E-state index contributed by atoms with van der Waals surface area (Å²) < 4.78 is 13.9. The summed E-state index contributed by atoms with van der Waals surface area (Å²) in [5.41, 5.74) is 1.50. The maximum Gasteiger partial charge on any atom is 0.127 e. The Kier molecular flexibility index (Phi) is 3.62. The summed E-state index contributed by atoms with van der Waals surface area (Å²) in [5, 5.41) is 0. The predicted molar refractivity (Wildman–Crippen MR) is 64.8 cm³/mol. The molecule has 1 heteroatoms. The monoisotopic (exact) mass is 216 g/mol. The summed E-state index contributed by atoms with van der Waals surface area (Å²) in [7, 11) is 0. The molecule has 0 saturated heterocycles. The second kappa shape index (κ2) is 5.16. The predicted octanol–water partition coefficient (Wildman–Crippen LogP) is 4.24. The van der Waals surface area contributed by atoms with Crippen LogP contribution >= 0.6 is 0 Å². The third-order valence-corrected chi connectivity index (χ3v) is 3.46. The highest BCUT2D eigenvalue weighted by molar-refractivity contribution is 5.36. The van der Waals surface area contributed by atoms with Crippen molar-refractivity contribution in [2.24, 2.45) is 0 Å². The lowest BCUT2D eigenvalue weighted by Crippen LogP contribution is -2.00. The Bertz CT molecular complexity index is 392. The molecule has 1 fully saturated rings. The second-order valence-corrected chi connectivity index (χ2v) is 4.57. The summed E-state index contributed by atoms with van der Waals surface area (Å²) >= 11 is 0. The van der Waals surface area contributed by atoms with Crippen LogP contribution in [0.15, 0.2) is 18.2 Å². The molecular weight excluding hydrogens is 199 g/mol. The van der Waals surface area contributed by atoms with Crippen LogP contribution in [0.5, 0.6) is 0 Å². The first kappa shape index (κ1) is 11.2. The Morgan fingerprint density at radius 2 is 1.81 bits per heavy atom. The quantitative estimate of drug-likeness (QED) is 0.486. The molecule has 0 radical (unpaired) electrons. The molecule has 0 N–H and O–H groups in total. The van der Waals surface area contributed by atoms with E-state index in [9.17, 15) is 4.39 Å². The highest BCUT2D eigenvalue weighted by Gasteiger charge is 2.17. The van der Waals surface area contributed by atoms with Crippen molar-refractivity contribution in [3.8, 4) is 12.3 Å². The number of rotatable bonds is 1. The van der Waals surface area contributed by atoms with Crippen molar-refractivity contribution in [3.63, 3.8) is 0 Å². The van der Waals surface area contributed by atoms with Gasteiger partial charge in [-0.25, -0.2) is 4.39 Å². The van der Waals surface area contributed by atoms with Gasteiger partial charge >= 0.3 is 0 Å². The van der Waals surface area contributed by atoms with Gasteiger partial charge in [-0.05, 0) is 36.5 Å². The van der Waals surface area contributed by atoms with Gasteiger partial charge in [0.05, 0.1) is 0 Å². The molecular formula is C15H17F. The molecule has 0 unspecified atom stereocenters. The van der Waals surface area contributed by atoms with Gasteiger partial charge in [-0.1, -0.05) is 37.7 Å². The first-order valence-electron chi connectivity index (χ1n) is 6.07. The van der Waals surface area contributed by atoms with Gasteiger partial charge in [0.2, 0.25) is 0 Å². The van der Waals surface area contributed by atoms with E-state index >= 15 is 0 Å². The van der Waals surface area contributed by atoms with Crippen LogP contribution in [0, 0.1) is 18.2 Å². The molecule has 1 aliphatic rings. The maximum atomic E-state index is 13.9. The average molecular weight is 216 g/mol. The molecule has 0 amide bonds. The molecule has 0 aromatic heterocycles. The van der Waals surface area contributed by atoms with E-state index in [-0.39, 0.29) is 5.82 Å². The molecule has 1 aliphatic carbocycles. The van der Waals surface area contributed by atoms with Crippen LogP contribution in [-0.4, -0.2) is 0 Å². The summed E-state index contributed by atoms with van der Waals surface area (Å²) in [4.78, 5) is 0. The van der Waals surface area contributed by atoms with Gasteiger partial charge in [0, 0.05) is 5.56 Å². The van der Waals surface area contributed by atoms with Crippen LogP contribution in [0.2, 0.25) is 0 Å². The lowest BCUT2D eigenvalue weighted by Gasteiger charge is -2.15. The molecule has 0 bridgehead atoms. The molecule has 84 valence electrons. The van der Waals surface area contributed by atoms with Crippen LogP contribution in [0.3, 0.4) is 0 Å². The zero-order valence-corrected chi connectivity index (χ0v) is 9.51. The largest absolute Gasteiger partial charge is 0.207 e. The van der Waals surface area contributed by atoms with E-state index in [1.54, 1.807) is 0 Å². The summed E-state index contributed by atoms with van der Waals surface area (Å²) in [6.07, 6.45) is 12.5. The smallest absolute Gasteiger partial charge is 0.127 e. The lowest BCUT2D eigenvalue weighted by atomic mass is 9.91. The fraction of sp³-hybridized carbons (Fsp3) is 0.467. The summed E-state index contributed by atoms with van der Waals surface area (Å²) in [6.45, 7) is 0. The van der Waals surface area contributed by atoms with Crippen molar-refractivity contribution in [1.82, 2.24) is 0 Å². The molecule has 2 rings (SSSR count). The van der Waals surface area contributed by atoms with Gasteiger partial charge in [0.1, 0.15) is 5.82 Å². The zero-order valence-electron chi connectivity index (χ0n) is 9.51. The van der Waals surface area contributed by atoms with E-state index < -0.39 is 0 Å². The zero-order chi connectivity index (χ0) is 11.4. The van der Waals surface area contributed by atoms with Crippen LogP contribution in [0.1, 0.15) is 55.6 Å². The Balaban J connectivity index is 2.22. The van der Waals surface area contributed by atoms with E-state index in [1.165, 1.54) is 31.7 Å². The van der Waals surface area contributed by atoms with Crippen LogP contribution in [0.25, 0.3) is 0 Å². The maximum absolute atomic E-state index is 13.9. The molecule has 0 nitrogen and oxygen atoms in total. The van der Waals surface area contributed by atoms with Crippen molar-refractivity contribution < 1.29 is 4.39 Å². The standard InChI is InChI=1S/C15H17F/c1-2-12-9-10-14(15(16)11-12)13-7-5-3-4-6-8-13/h1,9-11,13H,3-8H2. The van der Waals surface area contributed by atoms with Gasteiger partial charge < -0.3 is 0 Å². The number of hydrogen-bond acceptors (Lipinski definition) is 0. The number of benzene rings is 1. The van der Waals surface area contributed by atoms with E-state index in [2.05, 4.69) is 5.92 Å². The highest BCUT2D eigenvalue weighted by Crippen LogP contribution is 2.33. The molecule has 0 aliphatic heterocycles. The number of hydrogen-bond donors (Lipinski definition) is 0. The third kappa shape index (κ3) is 2.44. The average Bonchev–Trinajstić information content (AvgIpc) is 2.57. The Hall–Kier alpha value is -1.29. The van der Waals surface area contributed by atoms with Gasteiger partial charge in [0.15, 0.2) is 0 Å². The molecule has 1 aromatic rings. The SMILES string of the molecule is C#Cc1ccc(C2CCCCCC2)c(F)c1. The van der Waals surface area contributed by atoms with E-state index in [0.717, 1.165) is 18.4 Å². The van der Waals surface area contributed by atoms with Gasteiger partial charge in [0.25, 0.3) is 0 Å². The van der Waals surface area contributed by atoms with Crippen LogP contribution < -0.4 is 0 Å². The molecule has 0 heterocycles. The number of halogens is 1. The fourth-order valence-corrected chi connectivity index (χ4v) is 2.54. The summed E-state index contributed by atoms with van der Waals surface area (Å²) in [6, 6.07) is 5.21. The Morgan fingerprint density at radius 3 is 2.38 bits per heavy atom. The van der Waals surface area contributed by atoms with Crippen molar-refractivity contribution in [3.05, 3.63) is 35.1 Å². The van der Waals surface area contributed by atoms with Crippen LogP contribution in [-0.2, 0) is 0 Å². The molecule has 1 aromatic carbocycles. The van der Waals surface area contributed by atoms with Gasteiger partial charge in [-0.3, -0.25) is 0 Å². The fourth-order valence-electron chi connectivity index (χ4n) is 2.54. The Labute approximate surface area is 96.9 Å². The van der Waals surface area contributed by atoms with E-state index in [4.69, 9.17) is 6.42 Å². The molecule has 16 heavy (non-hydrogen) atoms. The highest BCUT2D eigenvalue weighted by atomic mass is 19.1. The van der Waals surface area contributed by atoms with Crippen LogP contribution in [0.4, 0.5) is 4.39 Å². The van der Waals surface area contributed by atoms with Gasteiger partial charge in [-0.2, -0.15) is 0 Å². The first-order chi connectivity index (χ1) is 7.81. The first-order valence-corrected chi connectivity index (χ1v) is 6.07. The van der Waals surface area contributed by atoms with Crippen molar-refractivity contribution in [2.75, 3.05) is 0 Å². The Morgan fingerprint density at radius 1 is 1.12 bits per heavy atom. The number of terminal acetylenes is 1.